The van der Waals surface area contributed by atoms with Crippen LogP contribution in [-0.4, -0.2) is 14.7 Å². The number of aromatic nitrogens is 2. The molecular formula is C20H15FN2O. The highest BCUT2D eigenvalue weighted by molar-refractivity contribution is 5.81. The van der Waals surface area contributed by atoms with Crippen molar-refractivity contribution in [2.75, 3.05) is 0 Å². The number of para-hydroxylation sites is 2. The molecule has 0 fully saturated rings. The number of hydrogen-bond acceptors (Lipinski definition) is 2. The number of rotatable bonds is 3. The van der Waals surface area contributed by atoms with E-state index in [1.807, 2.05) is 30.3 Å². The molecule has 1 N–H and O–H groups in total. The molecule has 0 amide bonds. The van der Waals surface area contributed by atoms with Crippen LogP contribution in [0.25, 0.3) is 22.4 Å². The van der Waals surface area contributed by atoms with Gasteiger partial charge in [0.05, 0.1) is 11.0 Å². The molecule has 24 heavy (non-hydrogen) atoms. The third kappa shape index (κ3) is 2.63. The van der Waals surface area contributed by atoms with Gasteiger partial charge in [-0.25, -0.2) is 9.37 Å². The monoisotopic (exact) mass is 318 g/mol. The van der Waals surface area contributed by atoms with Crippen LogP contribution in [0.3, 0.4) is 0 Å². The van der Waals surface area contributed by atoms with Crippen LogP contribution in [0.2, 0.25) is 0 Å². The standard InChI is InChI=1S/C20H15FN2O/c21-16-10-8-14(9-11-16)13-23-19-7-2-1-6-18(19)22-20(23)15-4-3-5-17(24)12-15/h1-12,24H,13H2. The highest BCUT2D eigenvalue weighted by atomic mass is 19.1. The van der Waals surface area contributed by atoms with Crippen molar-refractivity contribution in [2.24, 2.45) is 0 Å². The Bertz CT molecular complexity index is 1010. The first kappa shape index (κ1) is 14.5. The Labute approximate surface area is 138 Å². The summed E-state index contributed by atoms with van der Waals surface area (Å²) < 4.78 is 15.2. The summed E-state index contributed by atoms with van der Waals surface area (Å²) in [5, 5.41) is 9.78. The summed E-state index contributed by atoms with van der Waals surface area (Å²) in [6, 6.07) is 21.4. The van der Waals surface area contributed by atoms with Gasteiger partial charge in [0.2, 0.25) is 0 Å². The molecule has 1 heterocycles. The molecule has 0 aliphatic carbocycles. The molecule has 0 aliphatic rings. The zero-order valence-corrected chi connectivity index (χ0v) is 12.9. The van der Waals surface area contributed by atoms with Gasteiger partial charge in [-0.1, -0.05) is 36.4 Å². The molecule has 0 aliphatic heterocycles. The van der Waals surface area contributed by atoms with Gasteiger partial charge in [0.1, 0.15) is 17.4 Å². The Kier molecular flexibility index (Phi) is 3.50. The van der Waals surface area contributed by atoms with E-state index >= 15 is 0 Å². The molecule has 3 nitrogen and oxygen atoms in total. The van der Waals surface area contributed by atoms with Gasteiger partial charge in [0, 0.05) is 12.1 Å². The lowest BCUT2D eigenvalue weighted by Gasteiger charge is -2.10. The van der Waals surface area contributed by atoms with E-state index in [4.69, 9.17) is 4.98 Å². The van der Waals surface area contributed by atoms with Gasteiger partial charge in [0.15, 0.2) is 0 Å². The van der Waals surface area contributed by atoms with Crippen LogP contribution in [0, 0.1) is 5.82 Å². The summed E-state index contributed by atoms with van der Waals surface area (Å²) in [5.41, 5.74) is 3.72. The van der Waals surface area contributed by atoms with Gasteiger partial charge in [-0.3, -0.25) is 0 Å². The molecule has 0 radical (unpaired) electrons. The number of hydrogen-bond donors (Lipinski definition) is 1. The van der Waals surface area contributed by atoms with E-state index in [2.05, 4.69) is 4.57 Å². The topological polar surface area (TPSA) is 38.1 Å². The van der Waals surface area contributed by atoms with E-state index in [-0.39, 0.29) is 11.6 Å². The highest BCUT2D eigenvalue weighted by Gasteiger charge is 2.13. The fourth-order valence-electron chi connectivity index (χ4n) is 2.87. The van der Waals surface area contributed by atoms with Crippen LogP contribution < -0.4 is 0 Å². The summed E-state index contributed by atoms with van der Waals surface area (Å²) in [6.07, 6.45) is 0. The second-order valence-corrected chi connectivity index (χ2v) is 5.69. The first-order valence-corrected chi connectivity index (χ1v) is 7.70. The largest absolute Gasteiger partial charge is 0.508 e. The Balaban J connectivity index is 1.88. The van der Waals surface area contributed by atoms with Gasteiger partial charge in [0.25, 0.3) is 0 Å². The molecule has 4 heteroatoms. The predicted molar refractivity (Wildman–Crippen MR) is 92.3 cm³/mol. The summed E-state index contributed by atoms with van der Waals surface area (Å²) >= 11 is 0. The van der Waals surface area contributed by atoms with Gasteiger partial charge in [-0.2, -0.15) is 0 Å². The second kappa shape index (κ2) is 5.81. The minimum absolute atomic E-state index is 0.202. The van der Waals surface area contributed by atoms with Gasteiger partial charge >= 0.3 is 0 Å². The number of benzene rings is 3. The zero-order valence-electron chi connectivity index (χ0n) is 12.9. The summed E-state index contributed by atoms with van der Waals surface area (Å²) in [7, 11) is 0. The van der Waals surface area contributed by atoms with Crippen molar-refractivity contribution >= 4 is 11.0 Å². The maximum absolute atomic E-state index is 13.2. The molecule has 1 aromatic heterocycles. The van der Waals surface area contributed by atoms with Gasteiger partial charge in [-0.05, 0) is 42.0 Å². The van der Waals surface area contributed by atoms with Crippen molar-refractivity contribution in [1.29, 1.82) is 0 Å². The number of halogens is 1. The quantitative estimate of drug-likeness (QED) is 0.599. The number of imidazole rings is 1. The smallest absolute Gasteiger partial charge is 0.141 e. The van der Waals surface area contributed by atoms with Gasteiger partial charge < -0.3 is 9.67 Å². The average Bonchev–Trinajstić information content (AvgIpc) is 2.96. The number of phenolic OH excluding ortho intramolecular Hbond substituents is 1. The molecule has 0 atom stereocenters. The Morgan fingerprint density at radius 1 is 0.917 bits per heavy atom. The van der Waals surface area contributed by atoms with Crippen LogP contribution in [-0.2, 0) is 6.54 Å². The van der Waals surface area contributed by atoms with Crippen molar-refractivity contribution in [3.05, 3.63) is 84.2 Å². The van der Waals surface area contributed by atoms with Crippen molar-refractivity contribution in [3.8, 4) is 17.1 Å². The minimum Gasteiger partial charge on any atom is -0.508 e. The van der Waals surface area contributed by atoms with E-state index in [0.717, 1.165) is 28.0 Å². The SMILES string of the molecule is Oc1cccc(-c2nc3ccccc3n2Cc2ccc(F)cc2)c1. The van der Waals surface area contributed by atoms with E-state index in [1.54, 1.807) is 30.3 Å². The molecular weight excluding hydrogens is 303 g/mol. The van der Waals surface area contributed by atoms with Crippen LogP contribution in [0.5, 0.6) is 5.75 Å². The molecule has 0 unspecified atom stereocenters. The van der Waals surface area contributed by atoms with Crippen molar-refractivity contribution in [1.82, 2.24) is 9.55 Å². The molecule has 3 aromatic carbocycles. The average molecular weight is 318 g/mol. The Morgan fingerprint density at radius 2 is 1.71 bits per heavy atom. The third-order valence-electron chi connectivity index (χ3n) is 4.01. The van der Waals surface area contributed by atoms with E-state index < -0.39 is 0 Å². The van der Waals surface area contributed by atoms with Gasteiger partial charge in [-0.15, -0.1) is 0 Å². The second-order valence-electron chi connectivity index (χ2n) is 5.69. The van der Waals surface area contributed by atoms with Crippen LogP contribution in [0.1, 0.15) is 5.56 Å². The molecule has 4 aromatic rings. The lowest BCUT2D eigenvalue weighted by molar-refractivity contribution is 0.475. The number of aromatic hydroxyl groups is 1. The van der Waals surface area contributed by atoms with Crippen molar-refractivity contribution in [3.63, 3.8) is 0 Å². The first-order valence-electron chi connectivity index (χ1n) is 7.70. The molecule has 0 bridgehead atoms. The molecule has 0 saturated carbocycles. The number of fused-ring (bicyclic) bond motifs is 1. The summed E-state index contributed by atoms with van der Waals surface area (Å²) in [5.74, 6) is 0.728. The predicted octanol–water partition coefficient (Wildman–Crippen LogP) is 4.60. The summed E-state index contributed by atoms with van der Waals surface area (Å²) in [6.45, 7) is 0.575. The zero-order chi connectivity index (χ0) is 16.5. The molecule has 0 spiro atoms. The van der Waals surface area contributed by atoms with E-state index in [0.29, 0.717) is 6.54 Å². The maximum Gasteiger partial charge on any atom is 0.141 e. The Morgan fingerprint density at radius 3 is 2.50 bits per heavy atom. The van der Waals surface area contributed by atoms with Crippen LogP contribution >= 0.6 is 0 Å². The van der Waals surface area contributed by atoms with Crippen molar-refractivity contribution < 1.29 is 9.50 Å². The first-order chi connectivity index (χ1) is 11.7. The van der Waals surface area contributed by atoms with Crippen LogP contribution in [0.15, 0.2) is 72.8 Å². The van der Waals surface area contributed by atoms with E-state index in [1.165, 1.54) is 12.1 Å². The fraction of sp³-hybridized carbons (Fsp3) is 0.0500. The fourth-order valence-corrected chi connectivity index (χ4v) is 2.87. The Hall–Kier alpha value is -3.14. The van der Waals surface area contributed by atoms with E-state index in [9.17, 15) is 9.50 Å². The maximum atomic E-state index is 13.2. The molecule has 0 saturated heterocycles. The third-order valence-corrected chi connectivity index (χ3v) is 4.01. The number of phenols is 1. The van der Waals surface area contributed by atoms with Crippen molar-refractivity contribution in [2.45, 2.75) is 6.54 Å². The lowest BCUT2D eigenvalue weighted by Crippen LogP contribution is -2.02. The lowest BCUT2D eigenvalue weighted by atomic mass is 10.2. The minimum atomic E-state index is -0.248. The van der Waals surface area contributed by atoms with Crippen LogP contribution in [0.4, 0.5) is 4.39 Å². The molecule has 118 valence electrons. The molecule has 4 rings (SSSR count). The number of nitrogens with zero attached hydrogens (tertiary/aromatic N) is 2. The normalized spacial score (nSPS) is 11.0. The summed E-state index contributed by atoms with van der Waals surface area (Å²) in [4.78, 5) is 4.72. The highest BCUT2D eigenvalue weighted by Crippen LogP contribution is 2.27.